The summed E-state index contributed by atoms with van der Waals surface area (Å²) in [6.07, 6.45) is 0.762. The second kappa shape index (κ2) is 13.6. The number of carboxylic acid groups (broad SMARTS) is 1. The van der Waals surface area contributed by atoms with Crippen LogP contribution in [0.1, 0.15) is 23.5 Å². The number of halogens is 2. The summed E-state index contributed by atoms with van der Waals surface area (Å²) in [7, 11) is 1.53. The van der Waals surface area contributed by atoms with E-state index in [1.54, 1.807) is 11.0 Å². The van der Waals surface area contributed by atoms with Gasteiger partial charge in [-0.15, -0.1) is 0 Å². The van der Waals surface area contributed by atoms with E-state index in [0.717, 1.165) is 22.4 Å². The van der Waals surface area contributed by atoms with Gasteiger partial charge >= 0.3 is 5.97 Å². The maximum absolute atomic E-state index is 15.2. The van der Waals surface area contributed by atoms with Crippen LogP contribution in [-0.4, -0.2) is 87.9 Å². The zero-order valence-corrected chi connectivity index (χ0v) is 26.1. The van der Waals surface area contributed by atoms with Gasteiger partial charge < -0.3 is 20.6 Å². The number of fused-ring (bicyclic) bond motifs is 1. The molecule has 1 unspecified atom stereocenters. The number of aliphatic carboxylic acids is 1. The van der Waals surface area contributed by atoms with E-state index in [9.17, 15) is 23.9 Å². The molecule has 0 spiro atoms. The Bertz CT molecular complexity index is 1850. The predicted octanol–water partition coefficient (Wildman–Crippen LogP) is 2.99. The minimum absolute atomic E-state index is 0.203. The molecule has 47 heavy (non-hydrogen) atoms. The number of carbonyl (C=O) groups is 2. The zero-order valence-electron chi connectivity index (χ0n) is 26.1. The van der Waals surface area contributed by atoms with Crippen LogP contribution in [0.3, 0.4) is 0 Å². The SMILES string of the molecule is Cn1nc(N2C[C@@H](C(=O)N3CCN(C(Cc4ccc5ccccc5c4)C(=O)O)C[C@@H]3CCN)[C@H](c3ccc(F)cc3F)C2)ccc1=O. The van der Waals surface area contributed by atoms with E-state index in [4.69, 9.17) is 5.73 Å². The van der Waals surface area contributed by atoms with Gasteiger partial charge in [-0.2, -0.15) is 5.10 Å². The van der Waals surface area contributed by atoms with Crippen LogP contribution in [-0.2, 0) is 23.1 Å². The van der Waals surface area contributed by atoms with Gasteiger partial charge in [0.05, 0.1) is 5.92 Å². The smallest absolute Gasteiger partial charge is 0.321 e. The first-order valence-electron chi connectivity index (χ1n) is 15.8. The molecule has 246 valence electrons. The average molecular weight is 645 g/mol. The summed E-state index contributed by atoms with van der Waals surface area (Å²) in [5, 5.41) is 16.8. The number of rotatable bonds is 9. The summed E-state index contributed by atoms with van der Waals surface area (Å²) in [6, 6.07) is 19.1. The Balaban J connectivity index is 1.25. The Morgan fingerprint density at radius 1 is 0.979 bits per heavy atom. The van der Waals surface area contributed by atoms with Crippen LogP contribution in [0.15, 0.2) is 77.6 Å². The third kappa shape index (κ3) is 6.75. The van der Waals surface area contributed by atoms with Crippen LogP contribution in [0.2, 0.25) is 0 Å². The van der Waals surface area contributed by atoms with Gasteiger partial charge in [0.15, 0.2) is 0 Å². The van der Waals surface area contributed by atoms with Gasteiger partial charge in [0.1, 0.15) is 23.5 Å². The highest BCUT2D eigenvalue weighted by Crippen LogP contribution is 2.38. The molecule has 0 saturated carbocycles. The standard InChI is InChI=1S/C35H38F2N6O4/c1-40-33(44)11-10-32(39-40)42-20-28(27-9-8-25(36)18-30(27)37)29(21-42)34(45)43-15-14-41(19-26(43)12-13-38)31(35(46)47)17-22-6-7-23-4-2-3-5-24(23)16-22/h2-11,16,18,26,28-29,31H,12-15,17,19-21,38H2,1H3,(H,46,47)/t26-,28-,29+,31?/m0/s1. The highest BCUT2D eigenvalue weighted by molar-refractivity contribution is 5.84. The monoisotopic (exact) mass is 644 g/mol. The van der Waals surface area contributed by atoms with E-state index in [-0.39, 0.29) is 42.7 Å². The number of amides is 1. The number of benzene rings is 3. The molecule has 1 aromatic heterocycles. The van der Waals surface area contributed by atoms with E-state index >= 15 is 4.39 Å². The van der Waals surface area contributed by atoms with Crippen molar-refractivity contribution in [3.05, 3.63) is 106 Å². The number of anilines is 1. The Hall–Kier alpha value is -4.68. The van der Waals surface area contributed by atoms with Crippen molar-refractivity contribution >= 4 is 28.5 Å². The quantitative estimate of drug-likeness (QED) is 0.285. The van der Waals surface area contributed by atoms with Gasteiger partial charge in [0, 0.05) is 63.9 Å². The number of aryl methyl sites for hydroxylation is 1. The van der Waals surface area contributed by atoms with Crippen LogP contribution < -0.4 is 16.2 Å². The van der Waals surface area contributed by atoms with Gasteiger partial charge in [-0.3, -0.25) is 19.3 Å². The topological polar surface area (TPSA) is 125 Å². The van der Waals surface area contributed by atoms with Gasteiger partial charge in [-0.05, 0) is 53.4 Å². The number of nitrogens with two attached hydrogens (primary N) is 1. The maximum Gasteiger partial charge on any atom is 0.321 e. The maximum atomic E-state index is 15.2. The Morgan fingerprint density at radius 2 is 1.77 bits per heavy atom. The van der Waals surface area contributed by atoms with E-state index in [1.807, 2.05) is 52.3 Å². The molecule has 3 heterocycles. The third-order valence-electron chi connectivity index (χ3n) is 9.54. The third-order valence-corrected chi connectivity index (χ3v) is 9.54. The largest absolute Gasteiger partial charge is 0.480 e. The summed E-state index contributed by atoms with van der Waals surface area (Å²) in [5.41, 5.74) is 6.86. The fourth-order valence-corrected chi connectivity index (χ4v) is 7.08. The average Bonchev–Trinajstić information content (AvgIpc) is 3.49. The molecule has 6 rings (SSSR count). The second-order valence-corrected chi connectivity index (χ2v) is 12.4. The lowest BCUT2D eigenvalue weighted by Gasteiger charge is -2.44. The van der Waals surface area contributed by atoms with Crippen LogP contribution >= 0.6 is 0 Å². The number of aromatic nitrogens is 2. The van der Waals surface area contributed by atoms with Crippen LogP contribution in [0.5, 0.6) is 0 Å². The van der Waals surface area contributed by atoms with Crippen molar-refractivity contribution in [1.82, 2.24) is 19.6 Å². The fraction of sp³-hybridized carbons (Fsp3) is 0.371. The Kier molecular flexibility index (Phi) is 9.33. The molecule has 2 aliphatic heterocycles. The van der Waals surface area contributed by atoms with Crippen LogP contribution in [0, 0.1) is 17.6 Å². The summed E-state index contributed by atoms with van der Waals surface area (Å²) in [5.74, 6) is -3.43. The molecule has 1 amide bonds. The van der Waals surface area contributed by atoms with Gasteiger partial charge in [0.2, 0.25) is 5.91 Å². The van der Waals surface area contributed by atoms with Crippen molar-refractivity contribution in [2.75, 3.05) is 44.2 Å². The molecule has 12 heteroatoms. The first kappa shape index (κ1) is 32.3. The van der Waals surface area contributed by atoms with E-state index < -0.39 is 35.5 Å². The molecule has 0 radical (unpaired) electrons. The molecule has 10 nitrogen and oxygen atoms in total. The summed E-state index contributed by atoms with van der Waals surface area (Å²) < 4.78 is 30.3. The number of piperazine rings is 1. The first-order valence-corrected chi connectivity index (χ1v) is 15.8. The Morgan fingerprint density at radius 3 is 2.49 bits per heavy atom. The molecule has 2 aliphatic rings. The van der Waals surface area contributed by atoms with E-state index in [1.165, 1.54) is 29.9 Å². The summed E-state index contributed by atoms with van der Waals surface area (Å²) in [6.45, 7) is 1.67. The van der Waals surface area contributed by atoms with Crippen LogP contribution in [0.4, 0.5) is 14.6 Å². The predicted molar refractivity (Wildman–Crippen MR) is 174 cm³/mol. The van der Waals surface area contributed by atoms with Crippen molar-refractivity contribution in [3.8, 4) is 0 Å². The number of hydrogen-bond donors (Lipinski definition) is 2. The highest BCUT2D eigenvalue weighted by atomic mass is 19.1. The van der Waals surface area contributed by atoms with Crippen molar-refractivity contribution in [3.63, 3.8) is 0 Å². The van der Waals surface area contributed by atoms with E-state index in [2.05, 4.69) is 5.10 Å². The zero-order chi connectivity index (χ0) is 33.2. The fourth-order valence-electron chi connectivity index (χ4n) is 7.08. The molecule has 3 N–H and O–H groups in total. The second-order valence-electron chi connectivity index (χ2n) is 12.4. The molecule has 0 aliphatic carbocycles. The lowest BCUT2D eigenvalue weighted by atomic mass is 9.86. The molecule has 2 fully saturated rings. The molecular weight excluding hydrogens is 606 g/mol. The van der Waals surface area contributed by atoms with Crippen molar-refractivity contribution in [2.45, 2.75) is 30.8 Å². The van der Waals surface area contributed by atoms with Gasteiger partial charge in [-0.1, -0.05) is 48.5 Å². The first-order chi connectivity index (χ1) is 22.6. The Labute approximate surface area is 271 Å². The lowest BCUT2D eigenvalue weighted by molar-refractivity contribution is -0.147. The molecule has 2 saturated heterocycles. The minimum Gasteiger partial charge on any atom is -0.480 e. The number of carboxylic acids is 1. The molecular formula is C35H38F2N6O4. The molecule has 4 atom stereocenters. The van der Waals surface area contributed by atoms with Gasteiger partial charge in [0.25, 0.3) is 5.56 Å². The minimum atomic E-state index is -0.938. The highest BCUT2D eigenvalue weighted by Gasteiger charge is 2.45. The number of hydrogen-bond acceptors (Lipinski definition) is 7. The van der Waals surface area contributed by atoms with E-state index in [0.29, 0.717) is 38.3 Å². The number of nitrogens with zero attached hydrogens (tertiary/aromatic N) is 5. The molecule has 3 aromatic carbocycles. The molecule has 4 aromatic rings. The van der Waals surface area contributed by atoms with Crippen molar-refractivity contribution < 1.29 is 23.5 Å². The van der Waals surface area contributed by atoms with Crippen LogP contribution in [0.25, 0.3) is 10.8 Å². The number of carbonyl (C=O) groups excluding carboxylic acids is 1. The van der Waals surface area contributed by atoms with Gasteiger partial charge in [-0.25, -0.2) is 13.5 Å². The molecule has 0 bridgehead atoms. The normalized spacial score (nSPS) is 20.9. The van der Waals surface area contributed by atoms with Crippen molar-refractivity contribution in [1.29, 1.82) is 0 Å². The summed E-state index contributed by atoms with van der Waals surface area (Å²) >= 11 is 0. The summed E-state index contributed by atoms with van der Waals surface area (Å²) in [4.78, 5) is 44.5. The van der Waals surface area contributed by atoms with Crippen molar-refractivity contribution in [2.24, 2.45) is 18.7 Å². The lowest BCUT2D eigenvalue weighted by Crippen LogP contribution is -2.60.